The molecule has 0 saturated carbocycles. The second kappa shape index (κ2) is 9.21. The SMILES string of the molecule is CCNC(=NCC(C)(O)c1cccs1)NCCNS(=O)(=O)CC. The van der Waals surface area contributed by atoms with Gasteiger partial charge in [0.05, 0.1) is 12.3 Å². The first kappa shape index (κ1) is 19.9. The van der Waals surface area contributed by atoms with E-state index >= 15 is 0 Å². The van der Waals surface area contributed by atoms with E-state index in [0.29, 0.717) is 19.0 Å². The second-order valence-corrected chi connectivity index (χ2v) is 8.21. The molecule has 9 heteroatoms. The molecular formula is C14H26N4O3S2. The van der Waals surface area contributed by atoms with Gasteiger partial charge in [0, 0.05) is 24.5 Å². The average molecular weight is 363 g/mol. The standard InChI is InChI=1S/C14H26N4O3S2/c1-4-15-13(16-8-9-18-23(20,21)5-2)17-11-14(3,19)12-7-6-10-22-12/h6-7,10,18-19H,4-5,8-9,11H2,1-3H3,(H2,15,16,17). The van der Waals surface area contributed by atoms with E-state index in [4.69, 9.17) is 0 Å². The third-order valence-corrected chi connectivity index (χ3v) is 5.59. The maximum absolute atomic E-state index is 11.3. The highest BCUT2D eigenvalue weighted by atomic mass is 32.2. The predicted molar refractivity (Wildman–Crippen MR) is 95.3 cm³/mol. The summed E-state index contributed by atoms with van der Waals surface area (Å²) in [5, 5.41) is 18.5. The number of nitrogens with zero attached hydrogens (tertiary/aromatic N) is 1. The van der Waals surface area contributed by atoms with Gasteiger partial charge in [-0.15, -0.1) is 11.3 Å². The Labute approximate surface area is 142 Å². The van der Waals surface area contributed by atoms with E-state index in [1.807, 2.05) is 24.4 Å². The molecule has 1 unspecified atom stereocenters. The van der Waals surface area contributed by atoms with Gasteiger partial charge in [-0.2, -0.15) is 0 Å². The van der Waals surface area contributed by atoms with Crippen LogP contribution in [-0.2, 0) is 15.6 Å². The minimum absolute atomic E-state index is 0.0604. The Hall–Kier alpha value is -1.16. The van der Waals surface area contributed by atoms with Crippen LogP contribution in [0.25, 0.3) is 0 Å². The first-order chi connectivity index (χ1) is 10.8. The van der Waals surface area contributed by atoms with Crippen LogP contribution >= 0.6 is 11.3 Å². The molecule has 0 amide bonds. The second-order valence-electron chi connectivity index (χ2n) is 5.17. The maximum atomic E-state index is 11.3. The number of guanidine groups is 1. The van der Waals surface area contributed by atoms with E-state index in [1.54, 1.807) is 13.8 Å². The maximum Gasteiger partial charge on any atom is 0.211 e. The molecule has 1 rings (SSSR count). The van der Waals surface area contributed by atoms with Gasteiger partial charge in [0.15, 0.2) is 5.96 Å². The van der Waals surface area contributed by atoms with Crippen molar-refractivity contribution in [2.45, 2.75) is 26.4 Å². The lowest BCUT2D eigenvalue weighted by atomic mass is 10.1. The average Bonchev–Trinajstić information content (AvgIpc) is 3.04. The Morgan fingerprint density at radius 2 is 2.09 bits per heavy atom. The summed E-state index contributed by atoms with van der Waals surface area (Å²) < 4.78 is 25.2. The highest BCUT2D eigenvalue weighted by Crippen LogP contribution is 2.25. The molecule has 0 radical (unpaired) electrons. The third kappa shape index (κ3) is 7.30. The highest BCUT2D eigenvalue weighted by molar-refractivity contribution is 7.89. The predicted octanol–water partition coefficient (Wildman–Crippen LogP) is 0.450. The molecule has 0 aliphatic rings. The molecule has 0 fully saturated rings. The van der Waals surface area contributed by atoms with Crippen molar-refractivity contribution in [3.63, 3.8) is 0 Å². The largest absolute Gasteiger partial charge is 0.383 e. The molecule has 132 valence electrons. The molecular weight excluding hydrogens is 336 g/mol. The zero-order chi connectivity index (χ0) is 17.3. The lowest BCUT2D eigenvalue weighted by Gasteiger charge is -2.20. The van der Waals surface area contributed by atoms with Gasteiger partial charge in [-0.3, -0.25) is 0 Å². The van der Waals surface area contributed by atoms with Crippen molar-refractivity contribution >= 4 is 27.3 Å². The normalized spacial score (nSPS) is 15.2. The number of hydrogen-bond donors (Lipinski definition) is 4. The first-order valence-electron chi connectivity index (χ1n) is 7.56. The van der Waals surface area contributed by atoms with Crippen molar-refractivity contribution in [3.8, 4) is 0 Å². The molecule has 0 aromatic carbocycles. The summed E-state index contributed by atoms with van der Waals surface area (Å²) in [7, 11) is -3.18. The summed E-state index contributed by atoms with van der Waals surface area (Å²) in [5.41, 5.74) is -1.03. The fourth-order valence-electron chi connectivity index (χ4n) is 1.73. The number of nitrogens with one attached hydrogen (secondary N) is 3. The van der Waals surface area contributed by atoms with Gasteiger partial charge in [-0.25, -0.2) is 18.1 Å². The van der Waals surface area contributed by atoms with Crippen LogP contribution < -0.4 is 15.4 Å². The first-order valence-corrected chi connectivity index (χ1v) is 10.1. The lowest BCUT2D eigenvalue weighted by Crippen LogP contribution is -2.42. The number of rotatable bonds is 9. The fourth-order valence-corrected chi connectivity index (χ4v) is 3.12. The van der Waals surface area contributed by atoms with Crippen LogP contribution in [0.4, 0.5) is 0 Å². The van der Waals surface area contributed by atoms with Crippen LogP contribution in [0.2, 0.25) is 0 Å². The van der Waals surface area contributed by atoms with E-state index in [1.165, 1.54) is 11.3 Å². The summed E-state index contributed by atoms with van der Waals surface area (Å²) in [6, 6.07) is 3.77. The number of aliphatic hydroxyl groups is 1. The van der Waals surface area contributed by atoms with E-state index < -0.39 is 15.6 Å². The number of hydrogen-bond acceptors (Lipinski definition) is 5. The van der Waals surface area contributed by atoms with Crippen LogP contribution in [0.3, 0.4) is 0 Å². The summed E-state index contributed by atoms with van der Waals surface area (Å²) in [4.78, 5) is 5.22. The lowest BCUT2D eigenvalue weighted by molar-refractivity contribution is 0.0711. The molecule has 4 N–H and O–H groups in total. The van der Waals surface area contributed by atoms with Crippen molar-refractivity contribution in [2.75, 3.05) is 31.9 Å². The molecule has 0 bridgehead atoms. The van der Waals surface area contributed by atoms with Gasteiger partial charge in [0.25, 0.3) is 0 Å². The van der Waals surface area contributed by atoms with Gasteiger partial charge < -0.3 is 15.7 Å². The Kier molecular flexibility index (Phi) is 7.97. The van der Waals surface area contributed by atoms with Crippen LogP contribution in [0.15, 0.2) is 22.5 Å². The topological polar surface area (TPSA) is 103 Å². The van der Waals surface area contributed by atoms with Crippen LogP contribution in [0, 0.1) is 0 Å². The van der Waals surface area contributed by atoms with Crippen molar-refractivity contribution in [1.29, 1.82) is 0 Å². The Balaban J connectivity index is 2.53. The molecule has 1 atom stereocenters. The van der Waals surface area contributed by atoms with Gasteiger partial charge in [0.1, 0.15) is 5.60 Å². The Morgan fingerprint density at radius 3 is 2.65 bits per heavy atom. The van der Waals surface area contributed by atoms with Gasteiger partial charge >= 0.3 is 0 Å². The summed E-state index contributed by atoms with van der Waals surface area (Å²) >= 11 is 1.48. The molecule has 1 aromatic heterocycles. The Bertz CT molecular complexity index is 583. The van der Waals surface area contributed by atoms with E-state index in [0.717, 1.165) is 4.88 Å². The smallest absolute Gasteiger partial charge is 0.211 e. The minimum Gasteiger partial charge on any atom is -0.383 e. The van der Waals surface area contributed by atoms with Crippen LogP contribution in [0.5, 0.6) is 0 Å². The summed E-state index contributed by atoms with van der Waals surface area (Å²) in [6.07, 6.45) is 0. The molecule has 7 nitrogen and oxygen atoms in total. The third-order valence-electron chi connectivity index (χ3n) is 3.06. The van der Waals surface area contributed by atoms with E-state index in [9.17, 15) is 13.5 Å². The number of aliphatic imine (C=N–C) groups is 1. The molecule has 0 aliphatic carbocycles. The van der Waals surface area contributed by atoms with Crippen molar-refractivity contribution in [2.24, 2.45) is 4.99 Å². The molecule has 1 aromatic rings. The molecule has 0 spiro atoms. The summed E-state index contributed by atoms with van der Waals surface area (Å²) in [6.45, 7) is 6.83. The highest BCUT2D eigenvalue weighted by Gasteiger charge is 2.23. The molecule has 1 heterocycles. The number of thiophene rings is 1. The fraction of sp³-hybridized carbons (Fsp3) is 0.643. The van der Waals surface area contributed by atoms with Gasteiger partial charge in [-0.1, -0.05) is 6.07 Å². The zero-order valence-corrected chi connectivity index (χ0v) is 15.4. The van der Waals surface area contributed by atoms with Crippen molar-refractivity contribution in [1.82, 2.24) is 15.4 Å². The van der Waals surface area contributed by atoms with Gasteiger partial charge in [-0.05, 0) is 32.2 Å². The number of sulfonamides is 1. The van der Waals surface area contributed by atoms with E-state index in [-0.39, 0.29) is 18.8 Å². The van der Waals surface area contributed by atoms with Crippen molar-refractivity contribution in [3.05, 3.63) is 22.4 Å². The van der Waals surface area contributed by atoms with Crippen molar-refractivity contribution < 1.29 is 13.5 Å². The molecule has 0 aliphatic heterocycles. The Morgan fingerprint density at radius 1 is 1.35 bits per heavy atom. The quantitative estimate of drug-likeness (QED) is 0.290. The van der Waals surface area contributed by atoms with Gasteiger partial charge in [0.2, 0.25) is 10.0 Å². The molecule has 23 heavy (non-hydrogen) atoms. The summed E-state index contributed by atoms with van der Waals surface area (Å²) in [5.74, 6) is 0.602. The zero-order valence-electron chi connectivity index (χ0n) is 13.8. The van der Waals surface area contributed by atoms with Crippen LogP contribution in [-0.4, -0.2) is 51.4 Å². The minimum atomic E-state index is -3.18. The molecule has 0 saturated heterocycles. The van der Waals surface area contributed by atoms with Crippen LogP contribution in [0.1, 0.15) is 25.6 Å². The monoisotopic (exact) mass is 362 g/mol. The van der Waals surface area contributed by atoms with E-state index in [2.05, 4.69) is 20.3 Å².